The molecule has 0 saturated carbocycles. The molecule has 2 heterocycles. The summed E-state index contributed by atoms with van der Waals surface area (Å²) in [5.74, 6) is -1.74. The predicted molar refractivity (Wildman–Crippen MR) is 67.6 cm³/mol. The lowest BCUT2D eigenvalue weighted by Crippen LogP contribution is -2.50. The van der Waals surface area contributed by atoms with E-state index in [-0.39, 0.29) is 19.1 Å². The maximum atomic E-state index is 12.2. The Morgan fingerprint density at radius 1 is 1.10 bits per heavy atom. The molecule has 0 bridgehead atoms. The molecule has 1 atom stereocenters. The lowest BCUT2D eigenvalue weighted by molar-refractivity contribution is -0.163. The van der Waals surface area contributed by atoms with Crippen molar-refractivity contribution in [2.24, 2.45) is 0 Å². The third kappa shape index (κ3) is 4.09. The van der Waals surface area contributed by atoms with Crippen molar-refractivity contribution in [3.63, 3.8) is 0 Å². The van der Waals surface area contributed by atoms with E-state index in [4.69, 9.17) is 5.11 Å². The van der Waals surface area contributed by atoms with E-state index < -0.39 is 30.5 Å². The van der Waals surface area contributed by atoms with Gasteiger partial charge < -0.3 is 10.0 Å². The maximum Gasteiger partial charge on any atom is 0.397 e. The van der Waals surface area contributed by atoms with Crippen LogP contribution in [0.5, 0.6) is 0 Å². The SMILES string of the molecule is O=C(O)C1CCCN1C1CCN(C(=O)CC(F)(F)F)CC1. The predicted octanol–water partition coefficient (Wildman–Crippen LogP) is 1.48. The Bertz CT molecular complexity index is 406. The molecule has 2 saturated heterocycles. The summed E-state index contributed by atoms with van der Waals surface area (Å²) in [5.41, 5.74) is 0. The fourth-order valence-corrected chi connectivity index (χ4v) is 3.22. The highest BCUT2D eigenvalue weighted by Gasteiger charge is 2.39. The lowest BCUT2D eigenvalue weighted by atomic mass is 10.0. The molecule has 2 aliphatic rings. The molecule has 0 spiro atoms. The van der Waals surface area contributed by atoms with Crippen molar-refractivity contribution in [1.82, 2.24) is 9.80 Å². The zero-order valence-electron chi connectivity index (χ0n) is 11.6. The molecule has 0 aromatic carbocycles. The van der Waals surface area contributed by atoms with Crippen molar-refractivity contribution >= 4 is 11.9 Å². The van der Waals surface area contributed by atoms with Gasteiger partial charge in [-0.15, -0.1) is 0 Å². The fraction of sp³-hybridized carbons (Fsp3) is 0.846. The molecule has 21 heavy (non-hydrogen) atoms. The molecule has 2 aliphatic heterocycles. The number of rotatable bonds is 3. The average molecular weight is 308 g/mol. The summed E-state index contributed by atoms with van der Waals surface area (Å²) in [6, 6.07) is -0.448. The van der Waals surface area contributed by atoms with Gasteiger partial charge >= 0.3 is 12.1 Å². The number of aliphatic carboxylic acids is 1. The molecule has 1 unspecified atom stereocenters. The van der Waals surface area contributed by atoms with Gasteiger partial charge in [0.05, 0.1) is 0 Å². The van der Waals surface area contributed by atoms with Gasteiger partial charge in [0.1, 0.15) is 12.5 Å². The minimum atomic E-state index is -4.47. The topological polar surface area (TPSA) is 60.9 Å². The minimum Gasteiger partial charge on any atom is -0.480 e. The van der Waals surface area contributed by atoms with Crippen molar-refractivity contribution in [3.8, 4) is 0 Å². The van der Waals surface area contributed by atoms with E-state index in [1.165, 1.54) is 4.90 Å². The van der Waals surface area contributed by atoms with E-state index >= 15 is 0 Å². The lowest BCUT2D eigenvalue weighted by Gasteiger charge is -2.38. The van der Waals surface area contributed by atoms with Crippen LogP contribution in [0.2, 0.25) is 0 Å². The normalized spacial score (nSPS) is 25.3. The Morgan fingerprint density at radius 2 is 1.71 bits per heavy atom. The number of hydrogen-bond donors (Lipinski definition) is 1. The molecule has 0 aromatic heterocycles. The Labute approximate surface area is 120 Å². The van der Waals surface area contributed by atoms with E-state index in [0.717, 1.165) is 6.42 Å². The number of hydrogen-bond acceptors (Lipinski definition) is 3. The number of carbonyl (C=O) groups is 2. The Morgan fingerprint density at radius 3 is 2.24 bits per heavy atom. The first-order valence-electron chi connectivity index (χ1n) is 7.11. The Kier molecular flexibility index (Phi) is 4.75. The fourth-order valence-electron chi connectivity index (χ4n) is 3.22. The minimum absolute atomic E-state index is 0.0449. The van der Waals surface area contributed by atoms with Gasteiger partial charge in [-0.25, -0.2) is 0 Å². The van der Waals surface area contributed by atoms with Crippen molar-refractivity contribution in [3.05, 3.63) is 0 Å². The molecule has 8 heteroatoms. The van der Waals surface area contributed by atoms with Gasteiger partial charge in [-0.1, -0.05) is 0 Å². The second kappa shape index (κ2) is 6.21. The number of likely N-dealkylation sites (tertiary alicyclic amines) is 2. The van der Waals surface area contributed by atoms with Crippen molar-refractivity contribution < 1.29 is 27.9 Å². The van der Waals surface area contributed by atoms with E-state index in [1.54, 1.807) is 0 Å². The number of carbonyl (C=O) groups excluding carboxylic acids is 1. The molecular weight excluding hydrogens is 289 g/mol. The number of halogens is 3. The van der Waals surface area contributed by atoms with Gasteiger partial charge in [-0.3, -0.25) is 14.5 Å². The van der Waals surface area contributed by atoms with Gasteiger partial charge in [-0.2, -0.15) is 13.2 Å². The van der Waals surface area contributed by atoms with Gasteiger partial charge in [0.15, 0.2) is 0 Å². The van der Waals surface area contributed by atoms with Gasteiger partial charge in [0.25, 0.3) is 0 Å². The van der Waals surface area contributed by atoms with Crippen LogP contribution < -0.4 is 0 Å². The highest BCUT2D eigenvalue weighted by Crippen LogP contribution is 2.27. The first-order chi connectivity index (χ1) is 9.78. The highest BCUT2D eigenvalue weighted by atomic mass is 19.4. The Balaban J connectivity index is 1.86. The quantitative estimate of drug-likeness (QED) is 0.858. The van der Waals surface area contributed by atoms with E-state index in [9.17, 15) is 22.8 Å². The van der Waals surface area contributed by atoms with Crippen LogP contribution in [0, 0.1) is 0 Å². The van der Waals surface area contributed by atoms with Crippen LogP contribution in [-0.2, 0) is 9.59 Å². The maximum absolute atomic E-state index is 12.2. The van der Waals surface area contributed by atoms with Crippen LogP contribution in [0.15, 0.2) is 0 Å². The largest absolute Gasteiger partial charge is 0.480 e. The van der Waals surface area contributed by atoms with Crippen LogP contribution in [0.4, 0.5) is 13.2 Å². The smallest absolute Gasteiger partial charge is 0.397 e. The third-order valence-corrected chi connectivity index (χ3v) is 4.22. The van der Waals surface area contributed by atoms with Crippen molar-refractivity contribution in [2.75, 3.05) is 19.6 Å². The van der Waals surface area contributed by atoms with Crippen molar-refractivity contribution in [1.29, 1.82) is 0 Å². The van der Waals surface area contributed by atoms with Crippen LogP contribution in [0.3, 0.4) is 0 Å². The van der Waals surface area contributed by atoms with Gasteiger partial charge in [0, 0.05) is 19.1 Å². The van der Waals surface area contributed by atoms with Crippen LogP contribution >= 0.6 is 0 Å². The molecule has 0 aliphatic carbocycles. The number of carboxylic acids is 1. The number of piperidine rings is 1. The molecular formula is C13H19F3N2O3. The van der Waals surface area contributed by atoms with Gasteiger partial charge in [-0.05, 0) is 32.2 Å². The molecule has 1 N–H and O–H groups in total. The van der Waals surface area contributed by atoms with E-state index in [0.29, 0.717) is 25.8 Å². The van der Waals surface area contributed by atoms with E-state index in [1.807, 2.05) is 4.90 Å². The van der Waals surface area contributed by atoms with Gasteiger partial charge in [0.2, 0.25) is 5.91 Å². The molecule has 120 valence electrons. The molecule has 2 rings (SSSR count). The summed E-state index contributed by atoms with van der Waals surface area (Å²) < 4.78 is 36.6. The molecule has 1 amide bonds. The van der Waals surface area contributed by atoms with Crippen LogP contribution in [0.1, 0.15) is 32.1 Å². The monoisotopic (exact) mass is 308 g/mol. The summed E-state index contributed by atoms with van der Waals surface area (Å²) in [7, 11) is 0. The molecule has 0 radical (unpaired) electrons. The standard InChI is InChI=1S/C13H19F3N2O3/c14-13(15,16)8-11(19)17-6-3-9(4-7-17)18-5-1-2-10(18)12(20)21/h9-10H,1-8H2,(H,20,21). The number of carboxylic acid groups (broad SMARTS) is 1. The number of alkyl halides is 3. The number of amides is 1. The zero-order valence-corrected chi connectivity index (χ0v) is 11.6. The Hall–Kier alpha value is -1.31. The summed E-state index contributed by atoms with van der Waals surface area (Å²) in [6.07, 6.45) is -3.39. The second-order valence-electron chi connectivity index (χ2n) is 5.64. The molecule has 0 aromatic rings. The summed E-state index contributed by atoms with van der Waals surface area (Å²) in [4.78, 5) is 25.8. The first-order valence-corrected chi connectivity index (χ1v) is 7.11. The third-order valence-electron chi connectivity index (χ3n) is 4.22. The zero-order chi connectivity index (χ0) is 15.6. The van der Waals surface area contributed by atoms with E-state index in [2.05, 4.69) is 0 Å². The molecule has 5 nitrogen and oxygen atoms in total. The van der Waals surface area contributed by atoms with Crippen LogP contribution in [-0.4, -0.2) is 64.7 Å². The first kappa shape index (κ1) is 16.1. The molecule has 2 fully saturated rings. The second-order valence-corrected chi connectivity index (χ2v) is 5.64. The van der Waals surface area contributed by atoms with Crippen molar-refractivity contribution in [2.45, 2.75) is 50.4 Å². The highest BCUT2D eigenvalue weighted by molar-refractivity contribution is 5.77. The summed E-state index contributed by atoms with van der Waals surface area (Å²) in [5, 5.41) is 9.15. The van der Waals surface area contributed by atoms with Crippen LogP contribution in [0.25, 0.3) is 0 Å². The summed E-state index contributed by atoms with van der Waals surface area (Å²) >= 11 is 0. The average Bonchev–Trinajstić information content (AvgIpc) is 2.86. The summed E-state index contributed by atoms with van der Waals surface area (Å²) in [6.45, 7) is 1.24. The number of nitrogens with zero attached hydrogens (tertiary/aromatic N) is 2.